The normalized spacial score (nSPS) is 16.8. The lowest BCUT2D eigenvalue weighted by Gasteiger charge is -2.34. The third kappa shape index (κ3) is 10.8. The van der Waals surface area contributed by atoms with Crippen LogP contribution in [0.4, 0.5) is 0 Å². The lowest BCUT2D eigenvalue weighted by Crippen LogP contribution is -2.25. The average molecular weight is 393 g/mol. The van der Waals surface area contributed by atoms with E-state index in [0.717, 1.165) is 38.0 Å². The van der Waals surface area contributed by atoms with Gasteiger partial charge in [0.05, 0.1) is 0 Å². The average Bonchev–Trinajstić information content (AvgIpc) is 2.67. The van der Waals surface area contributed by atoms with Gasteiger partial charge in [-0.15, -0.1) is 0 Å². The van der Waals surface area contributed by atoms with Gasteiger partial charge < -0.3 is 4.74 Å². The van der Waals surface area contributed by atoms with Crippen molar-refractivity contribution < 1.29 is 9.53 Å². The molecular formula is C26H48O2. The molecule has 28 heavy (non-hydrogen) atoms. The number of ether oxygens (including phenoxy) is 1. The lowest BCUT2D eigenvalue weighted by molar-refractivity contribution is -0.116. The van der Waals surface area contributed by atoms with Crippen LogP contribution in [0.15, 0.2) is 11.1 Å². The zero-order valence-corrected chi connectivity index (χ0v) is 19.5. The number of carbonyl (C=O) groups excluding carboxylic acids is 1. The van der Waals surface area contributed by atoms with Gasteiger partial charge in [0.15, 0.2) is 5.78 Å². The second-order valence-corrected chi connectivity index (χ2v) is 9.52. The zero-order chi connectivity index (χ0) is 20.7. The quantitative estimate of drug-likeness (QED) is 0.233. The fourth-order valence-electron chi connectivity index (χ4n) is 4.41. The Labute approximate surface area is 175 Å². The van der Waals surface area contributed by atoms with E-state index >= 15 is 0 Å². The van der Waals surface area contributed by atoms with Gasteiger partial charge in [0.2, 0.25) is 0 Å². The van der Waals surface area contributed by atoms with Crippen molar-refractivity contribution in [3.05, 3.63) is 11.1 Å². The minimum absolute atomic E-state index is 0.236. The van der Waals surface area contributed by atoms with Crippen LogP contribution in [-0.4, -0.2) is 19.0 Å². The first kappa shape index (κ1) is 25.4. The third-order valence-electron chi connectivity index (χ3n) is 6.52. The third-order valence-corrected chi connectivity index (χ3v) is 6.52. The summed E-state index contributed by atoms with van der Waals surface area (Å²) < 4.78 is 5.61. The summed E-state index contributed by atoms with van der Waals surface area (Å²) in [5, 5.41) is 0. The predicted octanol–water partition coefficient (Wildman–Crippen LogP) is 8.19. The van der Waals surface area contributed by atoms with E-state index in [-0.39, 0.29) is 5.41 Å². The Morgan fingerprint density at radius 2 is 1.29 bits per heavy atom. The number of carbonyl (C=O) groups is 1. The molecule has 0 N–H and O–H groups in total. The number of hydrogen-bond donors (Lipinski definition) is 0. The van der Waals surface area contributed by atoms with Gasteiger partial charge in [-0.05, 0) is 50.0 Å². The number of allylic oxidation sites excluding steroid dienone is 2. The summed E-state index contributed by atoms with van der Waals surface area (Å²) in [6.45, 7) is 10.8. The molecule has 0 bridgehead atoms. The molecule has 0 amide bonds. The summed E-state index contributed by atoms with van der Waals surface area (Å²) in [5.74, 6) is 0.387. The predicted molar refractivity (Wildman–Crippen MR) is 122 cm³/mol. The van der Waals surface area contributed by atoms with E-state index in [9.17, 15) is 4.79 Å². The van der Waals surface area contributed by atoms with Crippen molar-refractivity contribution in [2.45, 2.75) is 130 Å². The fraction of sp³-hybridized carbons (Fsp3) is 0.885. The molecule has 0 atom stereocenters. The number of unbranched alkanes of at least 4 members (excludes halogenated alkanes) is 11. The van der Waals surface area contributed by atoms with Crippen LogP contribution >= 0.6 is 0 Å². The highest BCUT2D eigenvalue weighted by molar-refractivity contribution is 5.96. The highest BCUT2D eigenvalue weighted by Crippen LogP contribution is 2.41. The first-order chi connectivity index (χ1) is 13.5. The molecule has 2 nitrogen and oxygen atoms in total. The summed E-state index contributed by atoms with van der Waals surface area (Å²) in [7, 11) is 0. The van der Waals surface area contributed by atoms with Crippen LogP contribution in [0.2, 0.25) is 0 Å². The summed E-state index contributed by atoms with van der Waals surface area (Å²) in [6.07, 6.45) is 20.2. The van der Waals surface area contributed by atoms with Crippen molar-refractivity contribution >= 4 is 5.78 Å². The standard InChI is InChI=1S/C26H48O2/c1-5-6-21-28-22-17-15-13-11-9-7-8-10-12-14-16-18-24-23(2)25(27)19-20-26(24,3)4/h5-22H2,1-4H3. The minimum Gasteiger partial charge on any atom is -0.381 e. The Bertz CT molecular complexity index is 447. The Kier molecular flexibility index (Phi) is 13.8. The monoisotopic (exact) mass is 392 g/mol. The van der Waals surface area contributed by atoms with Crippen LogP contribution < -0.4 is 0 Å². The molecule has 2 heteroatoms. The van der Waals surface area contributed by atoms with Gasteiger partial charge in [-0.1, -0.05) is 90.6 Å². The van der Waals surface area contributed by atoms with E-state index in [1.807, 2.05) is 0 Å². The smallest absolute Gasteiger partial charge is 0.158 e. The van der Waals surface area contributed by atoms with E-state index in [1.165, 1.54) is 89.0 Å². The Balaban J connectivity index is 1.91. The number of ketones is 1. The maximum Gasteiger partial charge on any atom is 0.158 e. The molecule has 0 aromatic heterocycles. The van der Waals surface area contributed by atoms with E-state index < -0.39 is 0 Å². The first-order valence-electron chi connectivity index (χ1n) is 12.3. The van der Waals surface area contributed by atoms with E-state index in [0.29, 0.717) is 5.78 Å². The van der Waals surface area contributed by atoms with Gasteiger partial charge >= 0.3 is 0 Å². The van der Waals surface area contributed by atoms with Gasteiger partial charge in [0.1, 0.15) is 0 Å². The van der Waals surface area contributed by atoms with Gasteiger partial charge in [-0.25, -0.2) is 0 Å². The molecule has 0 saturated carbocycles. The molecule has 1 aliphatic rings. The molecule has 1 rings (SSSR count). The summed E-state index contributed by atoms with van der Waals surface area (Å²) >= 11 is 0. The number of hydrogen-bond acceptors (Lipinski definition) is 2. The van der Waals surface area contributed by atoms with Crippen LogP contribution in [0, 0.1) is 5.41 Å². The zero-order valence-electron chi connectivity index (χ0n) is 19.5. The van der Waals surface area contributed by atoms with Crippen molar-refractivity contribution in [2.75, 3.05) is 13.2 Å². The highest BCUT2D eigenvalue weighted by atomic mass is 16.5. The second kappa shape index (κ2) is 15.2. The van der Waals surface area contributed by atoms with E-state index in [2.05, 4.69) is 27.7 Å². The van der Waals surface area contributed by atoms with Crippen LogP contribution in [0.1, 0.15) is 130 Å². The van der Waals surface area contributed by atoms with Crippen molar-refractivity contribution in [2.24, 2.45) is 5.41 Å². The molecule has 0 aliphatic heterocycles. The molecular weight excluding hydrogens is 344 g/mol. The molecule has 0 heterocycles. The van der Waals surface area contributed by atoms with Gasteiger partial charge in [-0.2, -0.15) is 0 Å². The number of rotatable bonds is 17. The molecule has 0 radical (unpaired) electrons. The van der Waals surface area contributed by atoms with Crippen LogP contribution in [0.5, 0.6) is 0 Å². The molecule has 0 saturated heterocycles. The summed E-state index contributed by atoms with van der Waals surface area (Å²) in [5.41, 5.74) is 2.75. The van der Waals surface area contributed by atoms with Crippen molar-refractivity contribution in [3.8, 4) is 0 Å². The van der Waals surface area contributed by atoms with Gasteiger partial charge in [0, 0.05) is 19.6 Å². The molecule has 164 valence electrons. The largest absolute Gasteiger partial charge is 0.381 e. The number of Topliss-reactive ketones (excluding diaryl/α,β-unsaturated/α-hetero) is 1. The van der Waals surface area contributed by atoms with Gasteiger partial charge in [-0.3, -0.25) is 4.79 Å². The molecule has 0 aromatic rings. The Hall–Kier alpha value is -0.630. The van der Waals surface area contributed by atoms with Crippen LogP contribution in [0.3, 0.4) is 0 Å². The SMILES string of the molecule is CCCCOCCCCCCCCCCCCCC1=C(C)C(=O)CCC1(C)C. The first-order valence-corrected chi connectivity index (χ1v) is 12.3. The minimum atomic E-state index is 0.236. The molecule has 1 aliphatic carbocycles. The summed E-state index contributed by atoms with van der Waals surface area (Å²) in [4.78, 5) is 12.0. The lowest BCUT2D eigenvalue weighted by atomic mass is 9.70. The molecule has 0 spiro atoms. The van der Waals surface area contributed by atoms with Gasteiger partial charge in [0.25, 0.3) is 0 Å². The van der Waals surface area contributed by atoms with Crippen molar-refractivity contribution in [1.29, 1.82) is 0 Å². The maximum absolute atomic E-state index is 12.0. The maximum atomic E-state index is 12.0. The molecule has 0 unspecified atom stereocenters. The van der Waals surface area contributed by atoms with E-state index in [4.69, 9.17) is 4.74 Å². The highest BCUT2D eigenvalue weighted by Gasteiger charge is 2.31. The van der Waals surface area contributed by atoms with Crippen molar-refractivity contribution in [3.63, 3.8) is 0 Å². The summed E-state index contributed by atoms with van der Waals surface area (Å²) in [6, 6.07) is 0. The van der Waals surface area contributed by atoms with E-state index in [1.54, 1.807) is 0 Å². The molecule has 0 aromatic carbocycles. The Morgan fingerprint density at radius 1 is 0.786 bits per heavy atom. The fourth-order valence-corrected chi connectivity index (χ4v) is 4.41. The van der Waals surface area contributed by atoms with Crippen LogP contribution in [0.25, 0.3) is 0 Å². The van der Waals surface area contributed by atoms with Crippen LogP contribution in [-0.2, 0) is 9.53 Å². The topological polar surface area (TPSA) is 26.3 Å². The Morgan fingerprint density at radius 3 is 1.86 bits per heavy atom. The van der Waals surface area contributed by atoms with Crippen molar-refractivity contribution in [1.82, 2.24) is 0 Å². The second-order valence-electron chi connectivity index (χ2n) is 9.52. The molecule has 0 fully saturated rings.